The van der Waals surface area contributed by atoms with E-state index in [9.17, 15) is 4.79 Å². The third-order valence-electron chi connectivity index (χ3n) is 2.50. The van der Waals surface area contributed by atoms with Crippen LogP contribution < -0.4 is 11.1 Å². The lowest BCUT2D eigenvalue weighted by molar-refractivity contribution is -0.118. The third kappa shape index (κ3) is 1.83. The van der Waals surface area contributed by atoms with Crippen molar-refractivity contribution in [3.8, 4) is 0 Å². The number of nitrogens with one attached hydrogen (secondary N) is 1. The van der Waals surface area contributed by atoms with Crippen molar-refractivity contribution in [1.82, 2.24) is 10.2 Å². The number of rotatable bonds is 1. The molecule has 0 fully saturated rings. The van der Waals surface area contributed by atoms with Crippen LogP contribution in [0.4, 0.5) is 0 Å². The van der Waals surface area contributed by atoms with Gasteiger partial charge < -0.3 is 10.2 Å². The Morgan fingerprint density at radius 2 is 2.00 bits per heavy atom. The van der Waals surface area contributed by atoms with Crippen molar-refractivity contribution in [2.24, 2.45) is 5.73 Å². The monoisotopic (exact) mass is 281 g/mol. The highest BCUT2D eigenvalue weighted by Gasteiger charge is 2.27. The molecule has 1 amide bonds. The van der Waals surface area contributed by atoms with Crippen LogP contribution in [-0.4, -0.2) is 24.1 Å². The zero-order valence-electron chi connectivity index (χ0n) is 8.77. The number of benzene rings is 1. The van der Waals surface area contributed by atoms with E-state index in [1.165, 1.54) is 0 Å². The Labute approximate surface area is 102 Å². The molecule has 3 N–H and O–H groups in total. The molecule has 0 saturated heterocycles. The number of nitrogens with zero attached hydrogens (tertiary/aromatic N) is 1. The first-order valence-electron chi connectivity index (χ1n) is 4.85. The molecule has 4 nitrogen and oxygen atoms in total. The highest BCUT2D eigenvalue weighted by molar-refractivity contribution is 9.12. The van der Waals surface area contributed by atoms with Crippen LogP contribution in [0.15, 0.2) is 34.8 Å². The Bertz CT molecular complexity index is 444. The Kier molecular flexibility index (Phi) is 2.98. The highest BCUT2D eigenvalue weighted by Crippen LogP contribution is 2.28. The molecule has 1 unspecified atom stereocenters. The van der Waals surface area contributed by atoms with E-state index in [-0.39, 0.29) is 5.91 Å². The van der Waals surface area contributed by atoms with E-state index in [1.807, 2.05) is 42.3 Å². The van der Waals surface area contributed by atoms with Crippen molar-refractivity contribution in [3.05, 3.63) is 40.4 Å². The molecular weight excluding hydrogens is 270 g/mol. The van der Waals surface area contributed by atoms with Gasteiger partial charge in [0.15, 0.2) is 6.29 Å². The lowest BCUT2D eigenvalue weighted by atomic mass is 10.1. The van der Waals surface area contributed by atoms with Gasteiger partial charge in [-0.3, -0.25) is 10.5 Å². The normalized spacial score (nSPS) is 21.1. The van der Waals surface area contributed by atoms with Crippen molar-refractivity contribution >= 4 is 27.5 Å². The number of hydrogen-bond donors (Lipinski definition) is 2. The zero-order valence-corrected chi connectivity index (χ0v) is 10.4. The first kappa shape index (κ1) is 11.2. The fraction of sp³-hybridized carbons (Fsp3) is 0.182. The number of hydrogen-bond acceptors (Lipinski definition) is 3. The molecule has 0 bridgehead atoms. The topological polar surface area (TPSA) is 58.4 Å². The molecule has 84 valence electrons. The predicted octanol–water partition coefficient (Wildman–Crippen LogP) is 1.05. The molecule has 16 heavy (non-hydrogen) atoms. The van der Waals surface area contributed by atoms with Gasteiger partial charge in [0.05, 0.1) is 5.70 Å². The number of halogens is 1. The highest BCUT2D eigenvalue weighted by atomic mass is 79.9. The summed E-state index contributed by atoms with van der Waals surface area (Å²) in [5.41, 5.74) is 7.56. The Morgan fingerprint density at radius 3 is 2.62 bits per heavy atom. The summed E-state index contributed by atoms with van der Waals surface area (Å²) in [5, 5.41) is 2.64. The van der Waals surface area contributed by atoms with Crippen LogP contribution in [0.3, 0.4) is 0 Å². The molecule has 0 aromatic heterocycles. The van der Waals surface area contributed by atoms with Gasteiger partial charge in [0.1, 0.15) is 4.48 Å². The number of amides is 1. The first-order valence-corrected chi connectivity index (χ1v) is 5.65. The molecule has 1 heterocycles. The first-order chi connectivity index (χ1) is 7.61. The van der Waals surface area contributed by atoms with Crippen molar-refractivity contribution in [3.63, 3.8) is 0 Å². The molecule has 2 rings (SSSR count). The van der Waals surface area contributed by atoms with E-state index >= 15 is 0 Å². The molecule has 1 aromatic carbocycles. The molecule has 1 aliphatic heterocycles. The minimum atomic E-state index is -0.496. The van der Waals surface area contributed by atoms with Crippen LogP contribution in [0.2, 0.25) is 0 Å². The summed E-state index contributed by atoms with van der Waals surface area (Å²) in [6, 6.07) is 9.67. The maximum atomic E-state index is 11.6. The van der Waals surface area contributed by atoms with Crippen molar-refractivity contribution in [2.45, 2.75) is 6.29 Å². The second-order valence-corrected chi connectivity index (χ2v) is 4.35. The fourth-order valence-electron chi connectivity index (χ4n) is 1.62. The quantitative estimate of drug-likeness (QED) is 0.809. The summed E-state index contributed by atoms with van der Waals surface area (Å²) in [7, 11) is 1.84. The smallest absolute Gasteiger partial charge is 0.263 e. The Balaban J connectivity index is 2.52. The molecule has 1 aliphatic rings. The van der Waals surface area contributed by atoms with E-state index in [0.717, 1.165) is 11.3 Å². The molecule has 0 radical (unpaired) electrons. The molecule has 0 aliphatic carbocycles. The Morgan fingerprint density at radius 1 is 1.38 bits per heavy atom. The van der Waals surface area contributed by atoms with Crippen LogP contribution in [0.25, 0.3) is 5.70 Å². The average molecular weight is 282 g/mol. The van der Waals surface area contributed by atoms with E-state index in [1.54, 1.807) is 0 Å². The van der Waals surface area contributed by atoms with Gasteiger partial charge in [-0.15, -0.1) is 0 Å². The molecule has 5 heteroatoms. The summed E-state index contributed by atoms with van der Waals surface area (Å²) in [6.45, 7) is 0. The van der Waals surface area contributed by atoms with Gasteiger partial charge in [0.2, 0.25) is 0 Å². The van der Waals surface area contributed by atoms with Crippen LogP contribution in [0.5, 0.6) is 0 Å². The number of carbonyl (C=O) groups excluding carboxylic acids is 1. The fourth-order valence-corrected chi connectivity index (χ4v) is 2.25. The largest absolute Gasteiger partial charge is 0.341 e. The summed E-state index contributed by atoms with van der Waals surface area (Å²) >= 11 is 3.30. The van der Waals surface area contributed by atoms with E-state index in [0.29, 0.717) is 4.48 Å². The lowest BCUT2D eigenvalue weighted by Crippen LogP contribution is -2.55. The SMILES string of the molecule is CN1C(c2ccccc2)=C(Br)C(=O)NC1N. The second kappa shape index (κ2) is 4.27. The number of carbonyl (C=O) groups is 1. The molecule has 0 saturated carbocycles. The molecule has 1 atom stereocenters. The van der Waals surface area contributed by atoms with Gasteiger partial charge in [-0.05, 0) is 21.5 Å². The molecule has 0 spiro atoms. The summed E-state index contributed by atoms with van der Waals surface area (Å²) in [6.07, 6.45) is -0.496. The van der Waals surface area contributed by atoms with Crippen LogP contribution in [-0.2, 0) is 4.79 Å². The van der Waals surface area contributed by atoms with Crippen LogP contribution in [0.1, 0.15) is 5.56 Å². The minimum absolute atomic E-state index is 0.190. The standard InChI is InChI=1S/C11H12BrN3O/c1-15-9(7-5-3-2-4-6-7)8(12)10(16)14-11(15)13/h2-6,11H,13H2,1H3,(H,14,16). The second-order valence-electron chi connectivity index (χ2n) is 3.56. The van der Waals surface area contributed by atoms with Gasteiger partial charge in [0.25, 0.3) is 5.91 Å². The third-order valence-corrected chi connectivity index (χ3v) is 3.24. The van der Waals surface area contributed by atoms with Gasteiger partial charge >= 0.3 is 0 Å². The van der Waals surface area contributed by atoms with Gasteiger partial charge in [-0.1, -0.05) is 30.3 Å². The zero-order chi connectivity index (χ0) is 11.7. The lowest BCUT2D eigenvalue weighted by Gasteiger charge is -2.34. The summed E-state index contributed by atoms with van der Waals surface area (Å²) in [4.78, 5) is 13.4. The predicted molar refractivity (Wildman–Crippen MR) is 66.2 cm³/mol. The van der Waals surface area contributed by atoms with E-state index in [2.05, 4.69) is 21.2 Å². The summed E-state index contributed by atoms with van der Waals surface area (Å²) in [5.74, 6) is -0.190. The van der Waals surface area contributed by atoms with Crippen molar-refractivity contribution in [2.75, 3.05) is 7.05 Å². The maximum absolute atomic E-state index is 11.6. The van der Waals surface area contributed by atoms with Gasteiger partial charge in [-0.25, -0.2) is 0 Å². The van der Waals surface area contributed by atoms with Crippen molar-refractivity contribution in [1.29, 1.82) is 0 Å². The van der Waals surface area contributed by atoms with Gasteiger partial charge in [0, 0.05) is 7.05 Å². The Hall–Kier alpha value is -1.33. The summed E-state index contributed by atoms with van der Waals surface area (Å²) < 4.78 is 0.503. The molecular formula is C11H12BrN3O. The van der Waals surface area contributed by atoms with Crippen LogP contribution >= 0.6 is 15.9 Å². The maximum Gasteiger partial charge on any atom is 0.263 e. The van der Waals surface area contributed by atoms with E-state index in [4.69, 9.17) is 5.73 Å². The minimum Gasteiger partial charge on any atom is -0.341 e. The van der Waals surface area contributed by atoms with Crippen molar-refractivity contribution < 1.29 is 4.79 Å². The number of nitrogens with two attached hydrogens (primary N) is 1. The molecule has 1 aromatic rings. The average Bonchev–Trinajstić information content (AvgIpc) is 2.28. The van der Waals surface area contributed by atoms with E-state index < -0.39 is 6.29 Å². The van der Waals surface area contributed by atoms with Gasteiger partial charge in [-0.2, -0.15) is 0 Å². The van der Waals surface area contributed by atoms with Crippen LogP contribution in [0, 0.1) is 0 Å².